The summed E-state index contributed by atoms with van der Waals surface area (Å²) in [7, 11) is 1.61. The van der Waals surface area contributed by atoms with Gasteiger partial charge in [0.15, 0.2) is 0 Å². The van der Waals surface area contributed by atoms with Crippen LogP contribution in [0.1, 0.15) is 5.56 Å². The second-order valence-corrected chi connectivity index (χ2v) is 6.63. The van der Waals surface area contributed by atoms with Crippen molar-refractivity contribution >= 4 is 29.3 Å². The Bertz CT molecular complexity index is 813. The van der Waals surface area contributed by atoms with Gasteiger partial charge in [-0.05, 0) is 35.9 Å². The minimum absolute atomic E-state index is 0.0107. The van der Waals surface area contributed by atoms with Crippen molar-refractivity contribution in [3.63, 3.8) is 0 Å². The summed E-state index contributed by atoms with van der Waals surface area (Å²) in [5.41, 5.74) is 2.76. The van der Waals surface area contributed by atoms with Gasteiger partial charge >= 0.3 is 0 Å². The van der Waals surface area contributed by atoms with Gasteiger partial charge < -0.3 is 19.9 Å². The maximum Gasteiger partial charge on any atom is 0.246 e. The minimum Gasteiger partial charge on any atom is -0.378 e. The van der Waals surface area contributed by atoms with E-state index in [2.05, 4.69) is 10.2 Å². The van der Waals surface area contributed by atoms with Crippen LogP contribution in [0.5, 0.6) is 0 Å². The molecule has 0 spiro atoms. The Morgan fingerprint density at radius 1 is 1.07 bits per heavy atom. The fraction of sp³-hybridized carbons (Fsp3) is 0.273. The number of carbonyl (C=O) groups excluding carboxylic acids is 2. The molecule has 1 heterocycles. The molecule has 1 aliphatic heterocycles. The predicted octanol–water partition coefficient (Wildman–Crippen LogP) is 2.63. The van der Waals surface area contributed by atoms with Crippen molar-refractivity contribution in [1.29, 1.82) is 0 Å². The highest BCUT2D eigenvalue weighted by Crippen LogP contribution is 2.19. The molecule has 0 saturated carbocycles. The normalized spacial score (nSPS) is 14.1. The molecule has 28 heavy (non-hydrogen) atoms. The molecule has 1 saturated heterocycles. The number of amides is 2. The average Bonchev–Trinajstić information content (AvgIpc) is 2.74. The van der Waals surface area contributed by atoms with Gasteiger partial charge in [0.25, 0.3) is 0 Å². The largest absolute Gasteiger partial charge is 0.378 e. The summed E-state index contributed by atoms with van der Waals surface area (Å²) in [6.07, 6.45) is 3.21. The van der Waals surface area contributed by atoms with Gasteiger partial charge in [0, 0.05) is 37.6 Å². The fourth-order valence-electron chi connectivity index (χ4n) is 2.93. The first-order chi connectivity index (χ1) is 13.6. The Labute approximate surface area is 165 Å². The zero-order valence-electron chi connectivity index (χ0n) is 16.0. The van der Waals surface area contributed by atoms with Gasteiger partial charge in [-0.1, -0.05) is 30.3 Å². The van der Waals surface area contributed by atoms with Crippen molar-refractivity contribution in [2.75, 3.05) is 50.1 Å². The van der Waals surface area contributed by atoms with Crippen molar-refractivity contribution in [2.24, 2.45) is 0 Å². The highest BCUT2D eigenvalue weighted by atomic mass is 16.5. The molecule has 3 rings (SSSR count). The molecule has 0 bridgehead atoms. The molecular formula is C22H25N3O3. The van der Waals surface area contributed by atoms with E-state index in [-0.39, 0.29) is 18.4 Å². The van der Waals surface area contributed by atoms with E-state index in [9.17, 15) is 9.59 Å². The monoisotopic (exact) mass is 379 g/mol. The molecule has 0 radical (unpaired) electrons. The molecule has 1 N–H and O–H groups in total. The Hall–Kier alpha value is -3.12. The number of hydrogen-bond acceptors (Lipinski definition) is 4. The smallest absolute Gasteiger partial charge is 0.246 e. The number of benzene rings is 2. The van der Waals surface area contributed by atoms with Crippen LogP contribution in [0, 0.1) is 0 Å². The molecule has 0 aromatic heterocycles. The number of nitrogens with zero attached hydrogens (tertiary/aromatic N) is 2. The first kappa shape index (κ1) is 19.6. The highest BCUT2D eigenvalue weighted by molar-refractivity contribution is 5.98. The third-order valence-corrected chi connectivity index (χ3v) is 4.50. The summed E-state index contributed by atoms with van der Waals surface area (Å²) in [5.74, 6) is -0.454. The van der Waals surface area contributed by atoms with E-state index in [1.165, 1.54) is 11.0 Å². The average molecular weight is 379 g/mol. The number of nitrogens with one attached hydrogen (secondary N) is 1. The lowest BCUT2D eigenvalue weighted by Gasteiger charge is -2.28. The minimum atomic E-state index is -0.233. The summed E-state index contributed by atoms with van der Waals surface area (Å²) < 4.78 is 5.36. The molecule has 0 atom stereocenters. The molecule has 1 fully saturated rings. The van der Waals surface area contributed by atoms with Crippen LogP contribution < -0.4 is 10.2 Å². The van der Waals surface area contributed by atoms with Crippen molar-refractivity contribution in [3.05, 3.63) is 66.2 Å². The topological polar surface area (TPSA) is 61.9 Å². The van der Waals surface area contributed by atoms with E-state index in [1.54, 1.807) is 13.1 Å². The number of ether oxygens (including phenoxy) is 1. The molecule has 2 aromatic rings. The van der Waals surface area contributed by atoms with Crippen LogP contribution in [-0.4, -0.2) is 56.6 Å². The molecule has 0 unspecified atom stereocenters. The molecular weight excluding hydrogens is 354 g/mol. The maximum atomic E-state index is 12.2. The molecule has 2 amide bonds. The number of hydrogen-bond donors (Lipinski definition) is 1. The van der Waals surface area contributed by atoms with Crippen molar-refractivity contribution in [2.45, 2.75) is 0 Å². The lowest BCUT2D eigenvalue weighted by atomic mass is 10.2. The SMILES string of the molecule is CN(CC(=O)Nc1ccc(N2CCOCC2)cc1)C(=O)C=Cc1ccccc1. The Balaban J connectivity index is 1.49. The van der Waals surface area contributed by atoms with Gasteiger partial charge in [-0.3, -0.25) is 9.59 Å². The Morgan fingerprint density at radius 3 is 2.43 bits per heavy atom. The van der Waals surface area contributed by atoms with Crippen LogP contribution in [0.25, 0.3) is 6.08 Å². The van der Waals surface area contributed by atoms with Gasteiger partial charge in [0.05, 0.1) is 19.8 Å². The Kier molecular flexibility index (Phi) is 6.81. The van der Waals surface area contributed by atoms with Gasteiger partial charge in [-0.25, -0.2) is 0 Å². The number of carbonyl (C=O) groups is 2. The fourth-order valence-corrected chi connectivity index (χ4v) is 2.93. The zero-order valence-corrected chi connectivity index (χ0v) is 16.0. The van der Waals surface area contributed by atoms with Crippen LogP contribution in [0.3, 0.4) is 0 Å². The zero-order chi connectivity index (χ0) is 19.8. The summed E-state index contributed by atoms with van der Waals surface area (Å²) >= 11 is 0. The van der Waals surface area contributed by atoms with Crippen LogP contribution in [0.4, 0.5) is 11.4 Å². The Morgan fingerprint density at radius 2 is 1.75 bits per heavy atom. The van der Waals surface area contributed by atoms with Gasteiger partial charge in [0.1, 0.15) is 0 Å². The van der Waals surface area contributed by atoms with Gasteiger partial charge in [-0.15, -0.1) is 0 Å². The van der Waals surface area contributed by atoms with Gasteiger partial charge in [-0.2, -0.15) is 0 Å². The third kappa shape index (κ3) is 5.69. The highest BCUT2D eigenvalue weighted by Gasteiger charge is 2.13. The van der Waals surface area contributed by atoms with E-state index in [1.807, 2.05) is 54.6 Å². The molecule has 6 heteroatoms. The summed E-state index contributed by atoms with van der Waals surface area (Å²) in [4.78, 5) is 28.0. The van der Waals surface area contributed by atoms with Gasteiger partial charge in [0.2, 0.25) is 11.8 Å². The molecule has 0 aliphatic carbocycles. The summed E-state index contributed by atoms with van der Waals surface area (Å²) in [5, 5.41) is 2.83. The molecule has 6 nitrogen and oxygen atoms in total. The van der Waals surface area contributed by atoms with Crippen LogP contribution in [0.2, 0.25) is 0 Å². The number of morpholine rings is 1. The number of rotatable bonds is 6. The standard InChI is InChI=1S/C22H25N3O3/c1-24(22(27)12-7-18-5-3-2-4-6-18)17-21(26)23-19-8-10-20(11-9-19)25-13-15-28-16-14-25/h2-12H,13-17H2,1H3,(H,23,26). The van der Waals surface area contributed by atoms with Crippen LogP contribution in [-0.2, 0) is 14.3 Å². The molecule has 1 aliphatic rings. The first-order valence-electron chi connectivity index (χ1n) is 9.32. The van der Waals surface area contributed by atoms with Crippen molar-refractivity contribution in [3.8, 4) is 0 Å². The first-order valence-corrected chi connectivity index (χ1v) is 9.32. The lowest BCUT2D eigenvalue weighted by Crippen LogP contribution is -2.36. The van der Waals surface area contributed by atoms with E-state index >= 15 is 0 Å². The summed E-state index contributed by atoms with van der Waals surface area (Å²) in [6, 6.07) is 17.3. The lowest BCUT2D eigenvalue weighted by molar-refractivity contribution is -0.129. The quantitative estimate of drug-likeness (QED) is 0.784. The number of anilines is 2. The van der Waals surface area contributed by atoms with E-state index in [0.29, 0.717) is 5.69 Å². The third-order valence-electron chi connectivity index (χ3n) is 4.50. The second kappa shape index (κ2) is 9.71. The van der Waals surface area contributed by atoms with Crippen LogP contribution in [0.15, 0.2) is 60.7 Å². The van der Waals surface area contributed by atoms with E-state index < -0.39 is 0 Å². The molecule has 146 valence electrons. The molecule has 2 aromatic carbocycles. The number of likely N-dealkylation sites (N-methyl/N-ethyl adjacent to an activating group) is 1. The maximum absolute atomic E-state index is 12.2. The second-order valence-electron chi connectivity index (χ2n) is 6.63. The summed E-state index contributed by atoms with van der Waals surface area (Å²) in [6.45, 7) is 3.20. The van der Waals surface area contributed by atoms with Crippen molar-refractivity contribution < 1.29 is 14.3 Å². The predicted molar refractivity (Wildman–Crippen MR) is 111 cm³/mol. The van der Waals surface area contributed by atoms with Crippen molar-refractivity contribution in [1.82, 2.24) is 4.90 Å². The van der Waals surface area contributed by atoms with Crippen LogP contribution >= 0.6 is 0 Å². The van der Waals surface area contributed by atoms with E-state index in [0.717, 1.165) is 37.6 Å². The van der Waals surface area contributed by atoms with E-state index in [4.69, 9.17) is 4.74 Å².